The molecule has 3 aliphatic rings. The summed E-state index contributed by atoms with van der Waals surface area (Å²) in [6.45, 7) is 6.62. The van der Waals surface area contributed by atoms with Crippen molar-refractivity contribution in [3.8, 4) is 0 Å². The minimum atomic E-state index is 0.0303. The van der Waals surface area contributed by atoms with E-state index in [1.807, 2.05) is 36.3 Å². The SMILES string of the molecule is CN1[C]N(C2(N3[C]N(C)C=C3)CCC2)C=C1. The lowest BCUT2D eigenvalue weighted by molar-refractivity contribution is -0.0421. The van der Waals surface area contributed by atoms with Gasteiger partial charge in [-0.05, 0) is 19.3 Å². The van der Waals surface area contributed by atoms with E-state index in [1.165, 1.54) is 6.42 Å². The van der Waals surface area contributed by atoms with Gasteiger partial charge in [0.1, 0.15) is 5.66 Å². The molecule has 2 heterocycles. The lowest BCUT2D eigenvalue weighted by Gasteiger charge is -2.53. The second-order valence-corrected chi connectivity index (χ2v) is 4.59. The molecule has 0 N–H and O–H groups in total. The summed E-state index contributed by atoms with van der Waals surface area (Å²) in [4.78, 5) is 8.27. The molecule has 1 saturated carbocycles. The maximum Gasteiger partial charge on any atom is 0.209 e. The molecule has 0 spiro atoms. The molecule has 0 aromatic heterocycles. The van der Waals surface area contributed by atoms with Gasteiger partial charge in [0.05, 0.1) is 0 Å². The van der Waals surface area contributed by atoms with Gasteiger partial charge in [-0.2, -0.15) is 0 Å². The fraction of sp³-hybridized carbons (Fsp3) is 0.500. The fourth-order valence-electron chi connectivity index (χ4n) is 2.36. The second kappa shape index (κ2) is 3.34. The summed E-state index contributed by atoms with van der Waals surface area (Å²) in [5, 5.41) is 0. The minimum absolute atomic E-state index is 0.0303. The van der Waals surface area contributed by atoms with Crippen molar-refractivity contribution in [3.63, 3.8) is 0 Å². The van der Waals surface area contributed by atoms with Crippen LogP contribution in [0, 0.1) is 13.3 Å². The minimum Gasteiger partial charge on any atom is -0.349 e. The Labute approximate surface area is 97.4 Å². The van der Waals surface area contributed by atoms with Gasteiger partial charge in [-0.1, -0.05) is 0 Å². The van der Waals surface area contributed by atoms with Crippen LogP contribution < -0.4 is 0 Å². The largest absolute Gasteiger partial charge is 0.349 e. The summed E-state index contributed by atoms with van der Waals surface area (Å²) >= 11 is 0. The summed E-state index contributed by atoms with van der Waals surface area (Å²) in [7, 11) is 4.00. The van der Waals surface area contributed by atoms with E-state index >= 15 is 0 Å². The van der Waals surface area contributed by atoms with Crippen molar-refractivity contribution in [1.29, 1.82) is 0 Å². The Hall–Kier alpha value is -1.32. The lowest BCUT2D eigenvalue weighted by Crippen LogP contribution is -2.59. The van der Waals surface area contributed by atoms with Crippen molar-refractivity contribution in [2.75, 3.05) is 14.1 Å². The second-order valence-electron chi connectivity index (χ2n) is 4.59. The molecule has 4 heteroatoms. The quantitative estimate of drug-likeness (QED) is 0.689. The van der Waals surface area contributed by atoms with Crippen molar-refractivity contribution >= 4 is 0 Å². The summed E-state index contributed by atoms with van der Waals surface area (Å²) in [5.41, 5.74) is 0.0303. The molecule has 3 rings (SSSR count). The van der Waals surface area contributed by atoms with E-state index < -0.39 is 0 Å². The van der Waals surface area contributed by atoms with Crippen LogP contribution in [0.4, 0.5) is 0 Å². The monoisotopic (exact) mass is 216 g/mol. The molecular weight excluding hydrogens is 200 g/mol. The first-order valence-electron chi connectivity index (χ1n) is 5.64. The Morgan fingerprint density at radius 2 is 1.38 bits per heavy atom. The van der Waals surface area contributed by atoms with Gasteiger partial charge in [0.25, 0.3) is 0 Å². The topological polar surface area (TPSA) is 13.0 Å². The fourth-order valence-corrected chi connectivity index (χ4v) is 2.36. The zero-order chi connectivity index (χ0) is 11.2. The molecule has 16 heavy (non-hydrogen) atoms. The average molecular weight is 216 g/mol. The predicted octanol–water partition coefficient (Wildman–Crippen LogP) is 1.30. The highest BCUT2D eigenvalue weighted by molar-refractivity contribution is 5.14. The molecule has 0 unspecified atom stereocenters. The molecule has 4 nitrogen and oxygen atoms in total. The maximum absolute atomic E-state index is 3.31. The predicted molar refractivity (Wildman–Crippen MR) is 60.6 cm³/mol. The first-order chi connectivity index (χ1) is 7.71. The van der Waals surface area contributed by atoms with Crippen LogP contribution in [0.1, 0.15) is 19.3 Å². The van der Waals surface area contributed by atoms with E-state index in [2.05, 4.69) is 35.5 Å². The van der Waals surface area contributed by atoms with E-state index in [0.717, 1.165) is 12.8 Å². The van der Waals surface area contributed by atoms with Crippen LogP contribution in [0.25, 0.3) is 0 Å². The Balaban J connectivity index is 1.79. The van der Waals surface area contributed by atoms with Gasteiger partial charge in [-0.15, -0.1) is 0 Å². The third-order valence-corrected chi connectivity index (χ3v) is 3.46. The van der Waals surface area contributed by atoms with Crippen LogP contribution in [-0.4, -0.2) is 39.4 Å². The van der Waals surface area contributed by atoms with E-state index in [4.69, 9.17) is 0 Å². The van der Waals surface area contributed by atoms with Crippen molar-refractivity contribution < 1.29 is 0 Å². The highest BCUT2D eigenvalue weighted by Gasteiger charge is 2.48. The molecule has 2 aliphatic heterocycles. The van der Waals surface area contributed by atoms with Gasteiger partial charge in [0, 0.05) is 38.9 Å². The van der Waals surface area contributed by atoms with E-state index in [-0.39, 0.29) is 5.66 Å². The normalized spacial score (nSPS) is 26.9. The highest BCUT2D eigenvalue weighted by Crippen LogP contribution is 2.45. The molecule has 0 atom stereocenters. The van der Waals surface area contributed by atoms with Crippen molar-refractivity contribution in [2.24, 2.45) is 0 Å². The maximum atomic E-state index is 3.31. The standard InChI is InChI=1S/C12H16N4/c1-13-6-8-15(10-13)12(4-3-5-12)16-9-7-14(2)11-16/h6-9H,3-5H2,1-2H3. The smallest absolute Gasteiger partial charge is 0.209 e. The number of nitrogens with zero attached hydrogens (tertiary/aromatic N) is 4. The molecular formula is C12H16N4. The molecule has 0 aromatic rings. The molecule has 0 bridgehead atoms. The van der Waals surface area contributed by atoms with Crippen LogP contribution in [0.3, 0.4) is 0 Å². The van der Waals surface area contributed by atoms with Crippen LogP contribution >= 0.6 is 0 Å². The zero-order valence-electron chi connectivity index (χ0n) is 9.72. The van der Waals surface area contributed by atoms with Gasteiger partial charge >= 0.3 is 0 Å². The molecule has 0 aromatic carbocycles. The third kappa shape index (κ3) is 1.29. The van der Waals surface area contributed by atoms with Crippen LogP contribution in [-0.2, 0) is 0 Å². The molecule has 1 aliphatic carbocycles. The molecule has 4 radical (unpaired) electrons. The average Bonchev–Trinajstić information content (AvgIpc) is 2.75. The van der Waals surface area contributed by atoms with Crippen LogP contribution in [0.15, 0.2) is 24.8 Å². The van der Waals surface area contributed by atoms with Crippen molar-refractivity contribution in [1.82, 2.24) is 19.6 Å². The number of hydrogen-bond acceptors (Lipinski definition) is 4. The first kappa shape index (κ1) is 9.87. The summed E-state index contributed by atoms with van der Waals surface area (Å²) < 4.78 is 0. The van der Waals surface area contributed by atoms with Crippen LogP contribution in [0.5, 0.6) is 0 Å². The Kier molecular flexibility index (Phi) is 2.06. The molecule has 0 saturated heterocycles. The van der Waals surface area contributed by atoms with E-state index in [0.29, 0.717) is 0 Å². The molecule has 84 valence electrons. The number of rotatable bonds is 2. The van der Waals surface area contributed by atoms with Crippen molar-refractivity contribution in [2.45, 2.75) is 24.9 Å². The Bertz CT molecular complexity index is 304. The van der Waals surface area contributed by atoms with Gasteiger partial charge in [-0.25, -0.2) is 0 Å². The Morgan fingerprint density at radius 3 is 1.62 bits per heavy atom. The van der Waals surface area contributed by atoms with Crippen LogP contribution in [0.2, 0.25) is 0 Å². The summed E-state index contributed by atoms with van der Waals surface area (Å²) in [6, 6.07) is 0. The Morgan fingerprint density at radius 1 is 0.875 bits per heavy atom. The van der Waals surface area contributed by atoms with Crippen molar-refractivity contribution in [3.05, 3.63) is 38.1 Å². The summed E-state index contributed by atoms with van der Waals surface area (Å²) in [6.07, 6.45) is 11.8. The number of hydrogen-bond donors (Lipinski definition) is 0. The highest BCUT2D eigenvalue weighted by atomic mass is 15.5. The third-order valence-electron chi connectivity index (χ3n) is 3.46. The van der Waals surface area contributed by atoms with Gasteiger partial charge in [-0.3, -0.25) is 0 Å². The zero-order valence-corrected chi connectivity index (χ0v) is 9.72. The van der Waals surface area contributed by atoms with Gasteiger partial charge in [0.2, 0.25) is 13.3 Å². The summed E-state index contributed by atoms with van der Waals surface area (Å²) in [5.74, 6) is 0. The molecule has 0 amide bonds. The van der Waals surface area contributed by atoms with Gasteiger partial charge in [0.15, 0.2) is 0 Å². The van der Waals surface area contributed by atoms with E-state index in [1.54, 1.807) is 0 Å². The van der Waals surface area contributed by atoms with Gasteiger partial charge < -0.3 is 19.6 Å². The van der Waals surface area contributed by atoms with E-state index in [9.17, 15) is 0 Å². The first-order valence-corrected chi connectivity index (χ1v) is 5.64. The molecule has 1 fully saturated rings. The lowest BCUT2D eigenvalue weighted by atomic mass is 9.82.